The maximum atomic E-state index is 11.7. The maximum Gasteiger partial charge on any atom is 0.233 e. The van der Waals surface area contributed by atoms with E-state index < -0.39 is 0 Å². The molecule has 1 unspecified atom stereocenters. The minimum Gasteiger partial charge on any atom is -0.496 e. The first-order chi connectivity index (χ1) is 9.67. The van der Waals surface area contributed by atoms with Crippen molar-refractivity contribution in [1.82, 2.24) is 10.2 Å². The predicted octanol–water partition coefficient (Wildman–Crippen LogP) is 1.15. The highest BCUT2D eigenvalue weighted by Crippen LogP contribution is 2.28. The molecule has 0 aliphatic heterocycles. The Kier molecular flexibility index (Phi) is 7.04. The highest BCUT2D eigenvalue weighted by Gasteiger charge is 2.23. The van der Waals surface area contributed by atoms with Gasteiger partial charge >= 0.3 is 0 Å². The summed E-state index contributed by atoms with van der Waals surface area (Å²) in [6, 6.07) is 7.79. The lowest BCUT2D eigenvalue weighted by Gasteiger charge is -2.31. The molecule has 0 radical (unpaired) electrons. The number of likely N-dealkylation sites (N-methyl/N-ethyl adjacent to an activating group) is 1. The van der Waals surface area contributed by atoms with Gasteiger partial charge in [-0.2, -0.15) is 0 Å². The van der Waals surface area contributed by atoms with E-state index in [2.05, 4.69) is 17.1 Å². The molecule has 1 rings (SSSR count). The SMILES string of the molecule is CCCN(CC(=O)NC)C(CN)c1ccccc1OC. The molecule has 112 valence electrons. The summed E-state index contributed by atoms with van der Waals surface area (Å²) < 4.78 is 5.40. The number of methoxy groups -OCH3 is 1. The van der Waals surface area contributed by atoms with Gasteiger partial charge in [-0.3, -0.25) is 9.69 Å². The largest absolute Gasteiger partial charge is 0.496 e. The Hall–Kier alpha value is -1.59. The highest BCUT2D eigenvalue weighted by molar-refractivity contribution is 5.77. The van der Waals surface area contributed by atoms with E-state index in [1.807, 2.05) is 24.3 Å². The number of benzene rings is 1. The number of carbonyl (C=O) groups excluding carboxylic acids is 1. The summed E-state index contributed by atoms with van der Waals surface area (Å²) in [6.45, 7) is 3.68. The number of nitrogens with zero attached hydrogens (tertiary/aromatic N) is 1. The number of para-hydroxylation sites is 1. The molecule has 0 fully saturated rings. The molecule has 0 aliphatic carbocycles. The molecule has 20 heavy (non-hydrogen) atoms. The second-order valence-corrected chi connectivity index (χ2v) is 4.64. The zero-order chi connectivity index (χ0) is 15.0. The summed E-state index contributed by atoms with van der Waals surface area (Å²) >= 11 is 0. The van der Waals surface area contributed by atoms with Gasteiger partial charge in [-0.15, -0.1) is 0 Å². The van der Waals surface area contributed by atoms with Crippen molar-refractivity contribution in [3.05, 3.63) is 29.8 Å². The van der Waals surface area contributed by atoms with Gasteiger partial charge in [0.25, 0.3) is 0 Å². The fourth-order valence-electron chi connectivity index (χ4n) is 2.31. The summed E-state index contributed by atoms with van der Waals surface area (Å²) in [5.41, 5.74) is 6.97. The minimum absolute atomic E-state index is 0.00759. The Labute approximate surface area is 121 Å². The van der Waals surface area contributed by atoms with Crippen molar-refractivity contribution in [3.8, 4) is 5.75 Å². The lowest BCUT2D eigenvalue weighted by atomic mass is 10.0. The molecule has 1 aromatic carbocycles. The number of nitrogens with two attached hydrogens (primary N) is 1. The molecule has 1 amide bonds. The van der Waals surface area contributed by atoms with E-state index in [1.165, 1.54) is 0 Å². The van der Waals surface area contributed by atoms with Crippen molar-refractivity contribution in [2.45, 2.75) is 19.4 Å². The Bertz CT molecular complexity index is 423. The number of rotatable bonds is 8. The Morgan fingerprint density at radius 2 is 2.15 bits per heavy atom. The molecule has 0 aromatic heterocycles. The maximum absolute atomic E-state index is 11.7. The Balaban J connectivity index is 3.02. The molecule has 0 spiro atoms. The molecule has 0 bridgehead atoms. The van der Waals surface area contributed by atoms with Crippen LogP contribution in [0, 0.1) is 0 Å². The second-order valence-electron chi connectivity index (χ2n) is 4.64. The summed E-state index contributed by atoms with van der Waals surface area (Å²) in [4.78, 5) is 13.8. The molecular formula is C15H25N3O2. The second kappa shape index (κ2) is 8.55. The van der Waals surface area contributed by atoms with Crippen LogP contribution in [0.2, 0.25) is 0 Å². The van der Waals surface area contributed by atoms with Crippen molar-refractivity contribution in [2.75, 3.05) is 33.8 Å². The summed E-state index contributed by atoms with van der Waals surface area (Å²) in [5, 5.41) is 2.66. The molecular weight excluding hydrogens is 254 g/mol. The van der Waals surface area contributed by atoms with E-state index in [-0.39, 0.29) is 11.9 Å². The van der Waals surface area contributed by atoms with Crippen molar-refractivity contribution < 1.29 is 9.53 Å². The van der Waals surface area contributed by atoms with Crippen LogP contribution in [-0.4, -0.2) is 44.6 Å². The summed E-state index contributed by atoms with van der Waals surface area (Å²) in [7, 11) is 3.29. The molecule has 0 aliphatic rings. The van der Waals surface area contributed by atoms with E-state index in [1.54, 1.807) is 14.2 Å². The zero-order valence-electron chi connectivity index (χ0n) is 12.6. The van der Waals surface area contributed by atoms with Gasteiger partial charge in [-0.1, -0.05) is 25.1 Å². The topological polar surface area (TPSA) is 67.6 Å². The van der Waals surface area contributed by atoms with Gasteiger partial charge in [-0.05, 0) is 19.0 Å². The number of ether oxygens (including phenoxy) is 1. The van der Waals surface area contributed by atoms with Crippen molar-refractivity contribution in [2.24, 2.45) is 5.73 Å². The van der Waals surface area contributed by atoms with E-state index in [4.69, 9.17) is 10.5 Å². The Morgan fingerprint density at radius 3 is 2.70 bits per heavy atom. The molecule has 5 nitrogen and oxygen atoms in total. The standard InChI is InChI=1S/C15H25N3O2/c1-4-9-18(11-15(19)17-2)13(10-16)12-7-5-6-8-14(12)20-3/h5-8,13H,4,9-11,16H2,1-3H3,(H,17,19). The monoisotopic (exact) mass is 279 g/mol. The normalized spacial score (nSPS) is 12.2. The lowest BCUT2D eigenvalue weighted by molar-refractivity contribution is -0.122. The molecule has 0 saturated carbocycles. The van der Waals surface area contributed by atoms with Gasteiger partial charge in [0.1, 0.15) is 5.75 Å². The van der Waals surface area contributed by atoms with Gasteiger partial charge in [0.05, 0.1) is 19.7 Å². The molecule has 0 heterocycles. The van der Waals surface area contributed by atoms with Crippen LogP contribution in [0.15, 0.2) is 24.3 Å². The van der Waals surface area contributed by atoms with Crippen molar-refractivity contribution in [1.29, 1.82) is 0 Å². The van der Waals surface area contributed by atoms with Crippen LogP contribution >= 0.6 is 0 Å². The number of nitrogens with one attached hydrogen (secondary N) is 1. The van der Waals surface area contributed by atoms with Gasteiger partial charge in [0, 0.05) is 19.2 Å². The first kappa shape index (κ1) is 16.5. The van der Waals surface area contributed by atoms with Gasteiger partial charge in [-0.25, -0.2) is 0 Å². The third kappa shape index (κ3) is 4.21. The zero-order valence-corrected chi connectivity index (χ0v) is 12.6. The third-order valence-corrected chi connectivity index (χ3v) is 3.30. The fraction of sp³-hybridized carbons (Fsp3) is 0.533. The highest BCUT2D eigenvalue weighted by atomic mass is 16.5. The third-order valence-electron chi connectivity index (χ3n) is 3.30. The van der Waals surface area contributed by atoms with E-state index >= 15 is 0 Å². The average Bonchev–Trinajstić information content (AvgIpc) is 2.48. The van der Waals surface area contributed by atoms with E-state index in [9.17, 15) is 4.79 Å². The van der Waals surface area contributed by atoms with Crippen LogP contribution in [0.5, 0.6) is 5.75 Å². The lowest BCUT2D eigenvalue weighted by Crippen LogP contribution is -2.41. The van der Waals surface area contributed by atoms with Crippen LogP contribution in [-0.2, 0) is 4.79 Å². The Morgan fingerprint density at radius 1 is 1.45 bits per heavy atom. The van der Waals surface area contributed by atoms with Gasteiger partial charge in [0.15, 0.2) is 0 Å². The summed E-state index contributed by atoms with van der Waals surface area (Å²) in [6.07, 6.45) is 0.961. The molecule has 0 saturated heterocycles. The van der Waals surface area contributed by atoms with Crippen LogP contribution in [0.25, 0.3) is 0 Å². The first-order valence-electron chi connectivity index (χ1n) is 6.95. The number of hydrogen-bond donors (Lipinski definition) is 2. The number of carbonyl (C=O) groups is 1. The van der Waals surface area contributed by atoms with Gasteiger partial charge < -0.3 is 15.8 Å². The smallest absolute Gasteiger partial charge is 0.233 e. The van der Waals surface area contributed by atoms with Gasteiger partial charge in [0.2, 0.25) is 5.91 Å². The van der Waals surface area contributed by atoms with Crippen molar-refractivity contribution in [3.63, 3.8) is 0 Å². The fourth-order valence-corrected chi connectivity index (χ4v) is 2.31. The molecule has 5 heteroatoms. The molecule has 1 atom stereocenters. The minimum atomic E-state index is -0.0246. The van der Waals surface area contributed by atoms with Crippen molar-refractivity contribution >= 4 is 5.91 Å². The van der Waals surface area contributed by atoms with Crippen LogP contribution in [0.4, 0.5) is 0 Å². The van der Waals surface area contributed by atoms with Crippen LogP contribution < -0.4 is 15.8 Å². The number of amides is 1. The van der Waals surface area contributed by atoms with E-state index in [0.29, 0.717) is 13.1 Å². The molecule has 3 N–H and O–H groups in total. The number of hydrogen-bond acceptors (Lipinski definition) is 4. The van der Waals surface area contributed by atoms with Crippen LogP contribution in [0.3, 0.4) is 0 Å². The molecule has 1 aromatic rings. The first-order valence-corrected chi connectivity index (χ1v) is 6.95. The summed E-state index contributed by atoms with van der Waals surface area (Å²) in [5.74, 6) is 0.799. The quantitative estimate of drug-likeness (QED) is 0.749. The van der Waals surface area contributed by atoms with E-state index in [0.717, 1.165) is 24.3 Å². The predicted molar refractivity (Wildman–Crippen MR) is 80.7 cm³/mol. The average molecular weight is 279 g/mol. The van der Waals surface area contributed by atoms with Crippen LogP contribution in [0.1, 0.15) is 24.9 Å².